The number of carbonyl (C=O) groups excluding carboxylic acids is 1. The van der Waals surface area contributed by atoms with Crippen LogP contribution in [-0.2, 0) is 11.3 Å². The fourth-order valence-corrected chi connectivity index (χ4v) is 2.62. The molecule has 1 heterocycles. The summed E-state index contributed by atoms with van der Waals surface area (Å²) in [6, 6.07) is 13.3. The Balaban J connectivity index is 1.78. The minimum atomic E-state index is -0.132. The second-order valence-corrected chi connectivity index (χ2v) is 5.51. The van der Waals surface area contributed by atoms with Gasteiger partial charge in [0, 0.05) is 23.3 Å². The second-order valence-electron chi connectivity index (χ2n) is 5.10. The summed E-state index contributed by atoms with van der Waals surface area (Å²) in [4.78, 5) is 13.4. The van der Waals surface area contributed by atoms with Crippen molar-refractivity contribution < 1.29 is 9.53 Å². The Labute approximate surface area is 140 Å². The Hall–Kier alpha value is -2.64. The van der Waals surface area contributed by atoms with Gasteiger partial charge in [-0.15, -0.1) is 6.42 Å². The first-order valence-corrected chi connectivity index (χ1v) is 7.55. The van der Waals surface area contributed by atoms with Gasteiger partial charge in [0.25, 0.3) is 5.91 Å². The van der Waals surface area contributed by atoms with Gasteiger partial charge < -0.3 is 10.1 Å². The normalized spacial score (nSPS) is 13.0. The molecule has 0 atom stereocenters. The maximum atomic E-state index is 11.9. The molecule has 1 aliphatic rings. The summed E-state index contributed by atoms with van der Waals surface area (Å²) in [7, 11) is 0. The van der Waals surface area contributed by atoms with Crippen LogP contribution in [0.4, 0.5) is 11.4 Å². The second kappa shape index (κ2) is 6.64. The lowest BCUT2D eigenvalue weighted by Crippen LogP contribution is -2.38. The van der Waals surface area contributed by atoms with E-state index in [2.05, 4.69) is 11.2 Å². The molecule has 5 heteroatoms. The first-order chi connectivity index (χ1) is 11.2. The number of amides is 1. The SMILES string of the molecule is C#CCN1C(=O)COc2cc(NCc3ccccc3Cl)ccc21. The van der Waals surface area contributed by atoms with Gasteiger partial charge in [-0.1, -0.05) is 35.7 Å². The van der Waals surface area contributed by atoms with Crippen LogP contribution in [0.25, 0.3) is 0 Å². The van der Waals surface area contributed by atoms with Crippen molar-refractivity contribution in [3.05, 3.63) is 53.1 Å². The Morgan fingerprint density at radius 1 is 1.30 bits per heavy atom. The van der Waals surface area contributed by atoms with Crippen LogP contribution in [0.2, 0.25) is 5.02 Å². The number of fused-ring (bicyclic) bond motifs is 1. The molecule has 116 valence electrons. The lowest BCUT2D eigenvalue weighted by atomic mass is 10.2. The van der Waals surface area contributed by atoms with Crippen molar-refractivity contribution in [2.24, 2.45) is 0 Å². The molecule has 0 aromatic heterocycles. The van der Waals surface area contributed by atoms with E-state index in [9.17, 15) is 4.79 Å². The highest BCUT2D eigenvalue weighted by atomic mass is 35.5. The van der Waals surface area contributed by atoms with Crippen LogP contribution >= 0.6 is 11.6 Å². The van der Waals surface area contributed by atoms with Crippen LogP contribution in [0, 0.1) is 12.3 Å². The van der Waals surface area contributed by atoms with Crippen LogP contribution in [0.1, 0.15) is 5.56 Å². The fourth-order valence-electron chi connectivity index (χ4n) is 2.42. The Bertz CT molecular complexity index is 783. The zero-order chi connectivity index (χ0) is 16.2. The first kappa shape index (κ1) is 15.3. The molecule has 1 N–H and O–H groups in total. The molecule has 0 unspecified atom stereocenters. The van der Waals surface area contributed by atoms with E-state index in [1.54, 1.807) is 4.90 Å². The van der Waals surface area contributed by atoms with E-state index in [1.807, 2.05) is 42.5 Å². The van der Waals surface area contributed by atoms with E-state index in [4.69, 9.17) is 22.8 Å². The van der Waals surface area contributed by atoms with Crippen molar-refractivity contribution >= 4 is 28.9 Å². The molecule has 0 spiro atoms. The fraction of sp³-hybridized carbons (Fsp3) is 0.167. The number of terminal acetylenes is 1. The van der Waals surface area contributed by atoms with Gasteiger partial charge >= 0.3 is 0 Å². The highest BCUT2D eigenvalue weighted by molar-refractivity contribution is 6.31. The third kappa shape index (κ3) is 3.25. The number of nitrogens with zero attached hydrogens (tertiary/aromatic N) is 1. The molecule has 2 aromatic rings. The zero-order valence-electron chi connectivity index (χ0n) is 12.4. The van der Waals surface area contributed by atoms with Crippen LogP contribution in [0.3, 0.4) is 0 Å². The molecule has 23 heavy (non-hydrogen) atoms. The van der Waals surface area contributed by atoms with E-state index in [0.29, 0.717) is 18.0 Å². The number of hydrogen-bond donors (Lipinski definition) is 1. The third-order valence-corrected chi connectivity index (χ3v) is 3.96. The molecule has 2 aromatic carbocycles. The number of carbonyl (C=O) groups is 1. The minimum Gasteiger partial charge on any atom is -0.481 e. The van der Waals surface area contributed by atoms with Gasteiger partial charge in [0.1, 0.15) is 5.75 Å². The molecule has 0 fully saturated rings. The van der Waals surface area contributed by atoms with Crippen molar-refractivity contribution in [1.29, 1.82) is 0 Å². The summed E-state index contributed by atoms with van der Waals surface area (Å²) in [6.07, 6.45) is 5.33. The summed E-state index contributed by atoms with van der Waals surface area (Å²) in [5.74, 6) is 3.01. The van der Waals surface area contributed by atoms with Gasteiger partial charge in [-0.3, -0.25) is 9.69 Å². The molecule has 0 aliphatic carbocycles. The van der Waals surface area contributed by atoms with Gasteiger partial charge in [0.05, 0.1) is 12.2 Å². The smallest absolute Gasteiger partial charge is 0.265 e. The van der Waals surface area contributed by atoms with E-state index >= 15 is 0 Å². The molecule has 0 saturated carbocycles. The quantitative estimate of drug-likeness (QED) is 0.876. The van der Waals surface area contributed by atoms with Crippen molar-refractivity contribution in [2.45, 2.75) is 6.54 Å². The van der Waals surface area contributed by atoms with Gasteiger partial charge in [-0.05, 0) is 23.8 Å². The Kier molecular flexibility index (Phi) is 4.40. The zero-order valence-corrected chi connectivity index (χ0v) is 13.1. The highest BCUT2D eigenvalue weighted by Gasteiger charge is 2.24. The maximum Gasteiger partial charge on any atom is 0.265 e. The monoisotopic (exact) mass is 326 g/mol. The minimum absolute atomic E-state index is 0.00263. The number of rotatable bonds is 4. The number of halogens is 1. The van der Waals surface area contributed by atoms with E-state index in [1.165, 1.54) is 0 Å². The molecule has 1 aliphatic heterocycles. The largest absolute Gasteiger partial charge is 0.481 e. The lowest BCUT2D eigenvalue weighted by Gasteiger charge is -2.28. The van der Waals surface area contributed by atoms with Gasteiger partial charge in [-0.2, -0.15) is 0 Å². The van der Waals surface area contributed by atoms with Crippen molar-refractivity contribution in [3.63, 3.8) is 0 Å². The molecule has 0 saturated heterocycles. The predicted octanol–water partition coefficient (Wildman–Crippen LogP) is 3.31. The number of anilines is 2. The van der Waals surface area contributed by atoms with Crippen LogP contribution in [0.15, 0.2) is 42.5 Å². The number of hydrogen-bond acceptors (Lipinski definition) is 3. The molecule has 3 rings (SSSR count). The first-order valence-electron chi connectivity index (χ1n) is 7.17. The summed E-state index contributed by atoms with van der Waals surface area (Å²) < 4.78 is 5.50. The van der Waals surface area contributed by atoms with Gasteiger partial charge in [0.15, 0.2) is 6.61 Å². The molecule has 4 nitrogen and oxygen atoms in total. The summed E-state index contributed by atoms with van der Waals surface area (Å²) in [5.41, 5.74) is 2.60. The van der Waals surface area contributed by atoms with Crippen LogP contribution in [0.5, 0.6) is 5.75 Å². The number of benzene rings is 2. The molecule has 1 amide bonds. The third-order valence-electron chi connectivity index (χ3n) is 3.59. The molecular formula is C18H15ClN2O2. The van der Waals surface area contributed by atoms with Crippen LogP contribution in [-0.4, -0.2) is 19.1 Å². The molecular weight excluding hydrogens is 312 g/mol. The maximum absolute atomic E-state index is 11.9. The summed E-state index contributed by atoms with van der Waals surface area (Å²) in [6.45, 7) is 0.843. The summed E-state index contributed by atoms with van der Waals surface area (Å²) in [5, 5.41) is 4.02. The van der Waals surface area contributed by atoms with E-state index in [0.717, 1.165) is 16.3 Å². The van der Waals surface area contributed by atoms with Gasteiger partial charge in [-0.25, -0.2) is 0 Å². The standard InChI is InChI=1S/C18H15ClN2O2/c1-2-9-21-16-8-7-14(10-17(16)23-12-18(21)22)20-11-13-5-3-4-6-15(13)19/h1,3-8,10,20H,9,11-12H2. The van der Waals surface area contributed by atoms with Crippen molar-refractivity contribution in [3.8, 4) is 18.1 Å². The van der Waals surface area contributed by atoms with E-state index < -0.39 is 0 Å². The average molecular weight is 327 g/mol. The number of ether oxygens (including phenoxy) is 1. The molecule has 0 bridgehead atoms. The Morgan fingerprint density at radius 2 is 2.13 bits per heavy atom. The summed E-state index contributed by atoms with van der Waals surface area (Å²) >= 11 is 6.15. The molecule has 0 radical (unpaired) electrons. The van der Waals surface area contributed by atoms with Crippen molar-refractivity contribution in [2.75, 3.05) is 23.4 Å². The van der Waals surface area contributed by atoms with Crippen LogP contribution < -0.4 is 15.0 Å². The lowest BCUT2D eigenvalue weighted by molar-refractivity contribution is -0.121. The predicted molar refractivity (Wildman–Crippen MR) is 91.9 cm³/mol. The Morgan fingerprint density at radius 3 is 2.91 bits per heavy atom. The van der Waals surface area contributed by atoms with E-state index in [-0.39, 0.29) is 19.1 Å². The van der Waals surface area contributed by atoms with Gasteiger partial charge in [0.2, 0.25) is 0 Å². The van der Waals surface area contributed by atoms with Crippen molar-refractivity contribution in [1.82, 2.24) is 0 Å². The number of nitrogens with one attached hydrogen (secondary N) is 1. The average Bonchev–Trinajstić information content (AvgIpc) is 2.57. The topological polar surface area (TPSA) is 41.6 Å². The highest BCUT2D eigenvalue weighted by Crippen LogP contribution is 2.34.